The molecule has 0 radical (unpaired) electrons. The van der Waals surface area contributed by atoms with Crippen molar-refractivity contribution in [2.24, 2.45) is 5.92 Å². The molecule has 21 heavy (non-hydrogen) atoms. The van der Waals surface area contributed by atoms with E-state index in [1.807, 2.05) is 13.8 Å². The fourth-order valence-corrected chi connectivity index (χ4v) is 1.96. The molecule has 114 valence electrons. The van der Waals surface area contributed by atoms with E-state index in [4.69, 9.17) is 9.47 Å². The van der Waals surface area contributed by atoms with E-state index in [1.54, 1.807) is 12.1 Å². The molecule has 1 rings (SSSR count). The van der Waals surface area contributed by atoms with Crippen molar-refractivity contribution in [3.8, 4) is 5.75 Å². The third kappa shape index (κ3) is 4.34. The number of ether oxygens (including phenoxy) is 2. The molecular weight excluding hydrogens is 272 g/mol. The second kappa shape index (κ2) is 7.47. The van der Waals surface area contributed by atoms with E-state index < -0.39 is 11.9 Å². The summed E-state index contributed by atoms with van der Waals surface area (Å²) in [4.78, 5) is 24.1. The molecule has 0 amide bonds. The van der Waals surface area contributed by atoms with Gasteiger partial charge in [-0.15, -0.1) is 0 Å². The van der Waals surface area contributed by atoms with Gasteiger partial charge in [0.05, 0.1) is 25.4 Å². The van der Waals surface area contributed by atoms with E-state index in [9.17, 15) is 14.7 Å². The summed E-state index contributed by atoms with van der Waals surface area (Å²) in [6, 6.07) is 6.01. The molecule has 0 atom stereocenters. The van der Waals surface area contributed by atoms with Crippen LogP contribution in [-0.2, 0) is 19.1 Å². The summed E-state index contributed by atoms with van der Waals surface area (Å²) in [5.41, 5.74) is 0.934. The SMILES string of the molecule is COC(=O)C(CC(C)C)=C(C(=O)OC)c1ccc(O)cc1. The number of hydrogen-bond acceptors (Lipinski definition) is 5. The Hall–Kier alpha value is -2.30. The third-order valence-corrected chi connectivity index (χ3v) is 2.89. The highest BCUT2D eigenvalue weighted by Crippen LogP contribution is 2.27. The second-order valence-corrected chi connectivity index (χ2v) is 4.98. The summed E-state index contributed by atoms with van der Waals surface area (Å²) in [6.45, 7) is 3.88. The number of carbonyl (C=O) groups is 2. The molecule has 0 fully saturated rings. The van der Waals surface area contributed by atoms with Crippen LogP contribution >= 0.6 is 0 Å². The zero-order valence-electron chi connectivity index (χ0n) is 12.7. The molecule has 0 aromatic heterocycles. The topological polar surface area (TPSA) is 72.8 Å². The Morgan fingerprint density at radius 1 is 1.05 bits per heavy atom. The van der Waals surface area contributed by atoms with Gasteiger partial charge in [0.1, 0.15) is 5.75 Å². The Balaban J connectivity index is 3.49. The van der Waals surface area contributed by atoms with Crippen molar-refractivity contribution in [2.45, 2.75) is 20.3 Å². The fraction of sp³-hybridized carbons (Fsp3) is 0.375. The number of esters is 2. The first-order valence-corrected chi connectivity index (χ1v) is 6.59. The van der Waals surface area contributed by atoms with Crippen molar-refractivity contribution < 1.29 is 24.2 Å². The molecule has 1 N–H and O–H groups in total. The Morgan fingerprint density at radius 2 is 1.57 bits per heavy atom. The van der Waals surface area contributed by atoms with Gasteiger partial charge in [-0.05, 0) is 30.0 Å². The normalized spacial score (nSPS) is 11.9. The number of hydrogen-bond donors (Lipinski definition) is 1. The average Bonchev–Trinajstić information content (AvgIpc) is 2.46. The molecule has 5 nitrogen and oxygen atoms in total. The van der Waals surface area contributed by atoms with Gasteiger partial charge in [0.25, 0.3) is 0 Å². The van der Waals surface area contributed by atoms with E-state index in [2.05, 4.69) is 0 Å². The second-order valence-electron chi connectivity index (χ2n) is 4.98. The summed E-state index contributed by atoms with van der Waals surface area (Å²) in [5, 5.41) is 9.35. The maximum atomic E-state index is 12.1. The average molecular weight is 292 g/mol. The molecule has 0 aliphatic heterocycles. The molecular formula is C16H20O5. The molecule has 1 aromatic carbocycles. The van der Waals surface area contributed by atoms with Crippen LogP contribution in [0.4, 0.5) is 0 Å². The minimum absolute atomic E-state index is 0.0754. The molecule has 0 bridgehead atoms. The van der Waals surface area contributed by atoms with Gasteiger partial charge in [-0.25, -0.2) is 9.59 Å². The van der Waals surface area contributed by atoms with Gasteiger partial charge in [-0.3, -0.25) is 0 Å². The molecule has 0 unspecified atom stereocenters. The lowest BCUT2D eigenvalue weighted by Crippen LogP contribution is -2.15. The summed E-state index contributed by atoms with van der Waals surface area (Å²) in [5.74, 6) is -0.929. The summed E-state index contributed by atoms with van der Waals surface area (Å²) in [6.07, 6.45) is 0.387. The molecule has 0 spiro atoms. The maximum Gasteiger partial charge on any atom is 0.339 e. The predicted molar refractivity (Wildman–Crippen MR) is 78.5 cm³/mol. The standard InChI is InChI=1S/C16H20O5/c1-10(2)9-13(15(18)20-3)14(16(19)21-4)11-5-7-12(17)8-6-11/h5-8,10,17H,9H2,1-4H3. The molecule has 0 saturated carbocycles. The van der Waals surface area contributed by atoms with Crippen LogP contribution in [0.3, 0.4) is 0 Å². The van der Waals surface area contributed by atoms with Crippen LogP contribution < -0.4 is 0 Å². The first-order chi connectivity index (χ1) is 9.90. The van der Waals surface area contributed by atoms with Gasteiger partial charge in [0.2, 0.25) is 0 Å². The first-order valence-electron chi connectivity index (χ1n) is 6.59. The number of phenolic OH excluding ortho intramolecular Hbond substituents is 1. The highest BCUT2D eigenvalue weighted by atomic mass is 16.5. The van der Waals surface area contributed by atoms with Gasteiger partial charge in [0, 0.05) is 0 Å². The van der Waals surface area contributed by atoms with E-state index in [1.165, 1.54) is 26.4 Å². The van der Waals surface area contributed by atoms with Crippen LogP contribution in [0.1, 0.15) is 25.8 Å². The van der Waals surface area contributed by atoms with E-state index in [0.29, 0.717) is 12.0 Å². The predicted octanol–water partition coefficient (Wildman–Crippen LogP) is 2.54. The van der Waals surface area contributed by atoms with Gasteiger partial charge < -0.3 is 14.6 Å². The first kappa shape index (κ1) is 16.8. The molecule has 0 saturated heterocycles. The van der Waals surface area contributed by atoms with Gasteiger partial charge in [-0.1, -0.05) is 26.0 Å². The van der Waals surface area contributed by atoms with E-state index >= 15 is 0 Å². The highest BCUT2D eigenvalue weighted by Gasteiger charge is 2.24. The van der Waals surface area contributed by atoms with Crippen LogP contribution in [0.25, 0.3) is 5.57 Å². The number of aromatic hydroxyl groups is 1. The van der Waals surface area contributed by atoms with Crippen molar-refractivity contribution in [3.63, 3.8) is 0 Å². The lowest BCUT2D eigenvalue weighted by Gasteiger charge is -2.14. The lowest BCUT2D eigenvalue weighted by atomic mass is 9.93. The minimum atomic E-state index is -0.610. The van der Waals surface area contributed by atoms with Crippen LogP contribution in [0, 0.1) is 5.92 Å². The van der Waals surface area contributed by atoms with Crippen LogP contribution in [0.2, 0.25) is 0 Å². The molecule has 0 aliphatic rings. The zero-order chi connectivity index (χ0) is 16.0. The van der Waals surface area contributed by atoms with Crippen LogP contribution in [-0.4, -0.2) is 31.3 Å². The lowest BCUT2D eigenvalue weighted by molar-refractivity contribution is -0.138. The van der Waals surface area contributed by atoms with E-state index in [-0.39, 0.29) is 22.8 Å². The largest absolute Gasteiger partial charge is 0.508 e. The number of benzene rings is 1. The van der Waals surface area contributed by atoms with Crippen molar-refractivity contribution in [1.82, 2.24) is 0 Å². The smallest absolute Gasteiger partial charge is 0.339 e. The molecule has 0 heterocycles. The van der Waals surface area contributed by atoms with Crippen LogP contribution in [0.5, 0.6) is 5.75 Å². The quantitative estimate of drug-likeness (QED) is 0.667. The zero-order valence-corrected chi connectivity index (χ0v) is 12.7. The van der Waals surface area contributed by atoms with Crippen molar-refractivity contribution in [3.05, 3.63) is 35.4 Å². The van der Waals surface area contributed by atoms with Gasteiger partial charge in [-0.2, -0.15) is 0 Å². The van der Waals surface area contributed by atoms with Crippen molar-refractivity contribution >= 4 is 17.5 Å². The van der Waals surface area contributed by atoms with E-state index in [0.717, 1.165) is 0 Å². The Labute approximate surface area is 124 Å². The molecule has 5 heteroatoms. The molecule has 0 aliphatic carbocycles. The summed E-state index contributed by atoms with van der Waals surface area (Å²) < 4.78 is 9.57. The summed E-state index contributed by atoms with van der Waals surface area (Å²) in [7, 11) is 2.53. The maximum absolute atomic E-state index is 12.1. The number of rotatable bonds is 5. The highest BCUT2D eigenvalue weighted by molar-refractivity contribution is 6.22. The minimum Gasteiger partial charge on any atom is -0.508 e. The van der Waals surface area contributed by atoms with Crippen molar-refractivity contribution in [2.75, 3.05) is 14.2 Å². The number of methoxy groups -OCH3 is 2. The van der Waals surface area contributed by atoms with Gasteiger partial charge in [0.15, 0.2) is 0 Å². The Kier molecular flexibility index (Phi) is 5.96. The van der Waals surface area contributed by atoms with Gasteiger partial charge >= 0.3 is 11.9 Å². The fourth-order valence-electron chi connectivity index (χ4n) is 1.96. The van der Waals surface area contributed by atoms with Crippen molar-refractivity contribution in [1.29, 1.82) is 0 Å². The monoisotopic (exact) mass is 292 g/mol. The van der Waals surface area contributed by atoms with Crippen LogP contribution in [0.15, 0.2) is 29.8 Å². The molecule has 1 aromatic rings. The Bertz CT molecular complexity index is 540. The third-order valence-electron chi connectivity index (χ3n) is 2.89. The Morgan fingerprint density at radius 3 is 2.00 bits per heavy atom. The number of phenols is 1. The number of carbonyl (C=O) groups excluding carboxylic acids is 2. The summed E-state index contributed by atoms with van der Waals surface area (Å²) >= 11 is 0.